The van der Waals surface area contributed by atoms with Crippen molar-refractivity contribution in [1.82, 2.24) is 9.80 Å². The van der Waals surface area contributed by atoms with Crippen LogP contribution in [0.15, 0.2) is 30.3 Å². The SMILES string of the molecule is CSCCC(CN)N1CCN(Cc2ccccc2)CC1. The number of nitrogens with two attached hydrogens (primary N) is 1. The molecule has 20 heavy (non-hydrogen) atoms. The number of piperazine rings is 1. The predicted molar refractivity (Wildman–Crippen MR) is 89.1 cm³/mol. The van der Waals surface area contributed by atoms with Crippen LogP contribution in [0, 0.1) is 0 Å². The van der Waals surface area contributed by atoms with Crippen molar-refractivity contribution in [3.05, 3.63) is 35.9 Å². The highest BCUT2D eigenvalue weighted by atomic mass is 32.2. The van der Waals surface area contributed by atoms with E-state index >= 15 is 0 Å². The maximum atomic E-state index is 5.94. The van der Waals surface area contributed by atoms with Gasteiger partial charge in [0.1, 0.15) is 0 Å². The number of hydrogen-bond acceptors (Lipinski definition) is 4. The lowest BCUT2D eigenvalue weighted by molar-refractivity contribution is 0.0931. The van der Waals surface area contributed by atoms with E-state index in [9.17, 15) is 0 Å². The fourth-order valence-electron chi connectivity index (χ4n) is 2.83. The van der Waals surface area contributed by atoms with E-state index in [1.165, 1.54) is 17.7 Å². The lowest BCUT2D eigenvalue weighted by Gasteiger charge is -2.39. The van der Waals surface area contributed by atoms with Crippen LogP contribution in [0.5, 0.6) is 0 Å². The van der Waals surface area contributed by atoms with E-state index in [1.54, 1.807) is 0 Å². The van der Waals surface area contributed by atoms with Gasteiger partial charge in [-0.25, -0.2) is 0 Å². The Hall–Kier alpha value is -0.550. The Kier molecular flexibility index (Phi) is 6.87. The van der Waals surface area contributed by atoms with Gasteiger partial charge in [0.2, 0.25) is 0 Å². The molecule has 1 aromatic rings. The quantitative estimate of drug-likeness (QED) is 0.832. The summed E-state index contributed by atoms with van der Waals surface area (Å²) >= 11 is 1.92. The van der Waals surface area contributed by atoms with Crippen LogP contribution >= 0.6 is 11.8 Å². The van der Waals surface area contributed by atoms with Crippen LogP contribution < -0.4 is 5.73 Å². The second-order valence-corrected chi connectivity index (χ2v) is 6.45. The van der Waals surface area contributed by atoms with Gasteiger partial charge in [-0.3, -0.25) is 9.80 Å². The Morgan fingerprint density at radius 1 is 1.15 bits per heavy atom. The number of thioether (sulfide) groups is 1. The van der Waals surface area contributed by atoms with Crippen LogP contribution in [0.3, 0.4) is 0 Å². The van der Waals surface area contributed by atoms with Gasteiger partial charge in [-0.1, -0.05) is 30.3 Å². The van der Waals surface area contributed by atoms with Crippen molar-refractivity contribution in [3.8, 4) is 0 Å². The highest BCUT2D eigenvalue weighted by Crippen LogP contribution is 2.13. The summed E-state index contributed by atoms with van der Waals surface area (Å²) in [4.78, 5) is 5.13. The minimum absolute atomic E-state index is 0.571. The lowest BCUT2D eigenvalue weighted by Crippen LogP contribution is -2.52. The van der Waals surface area contributed by atoms with Crippen molar-refractivity contribution in [2.24, 2.45) is 5.73 Å². The van der Waals surface area contributed by atoms with E-state index in [1.807, 2.05) is 11.8 Å². The predicted octanol–water partition coefficient (Wildman–Crippen LogP) is 1.88. The summed E-state index contributed by atoms with van der Waals surface area (Å²) in [5.74, 6) is 1.21. The van der Waals surface area contributed by atoms with Crippen molar-refractivity contribution >= 4 is 11.8 Å². The summed E-state index contributed by atoms with van der Waals surface area (Å²) in [6.07, 6.45) is 3.39. The molecule has 0 radical (unpaired) electrons. The molecule has 1 aliphatic rings. The zero-order valence-corrected chi connectivity index (χ0v) is 13.3. The van der Waals surface area contributed by atoms with Crippen molar-refractivity contribution in [2.75, 3.05) is 44.7 Å². The number of benzene rings is 1. The zero-order chi connectivity index (χ0) is 14.2. The van der Waals surface area contributed by atoms with Gasteiger partial charge >= 0.3 is 0 Å². The van der Waals surface area contributed by atoms with Gasteiger partial charge < -0.3 is 5.73 Å². The molecule has 0 saturated carbocycles. The standard InChI is InChI=1S/C16H27N3S/c1-20-12-7-16(13-17)19-10-8-18(9-11-19)14-15-5-3-2-4-6-15/h2-6,16H,7-14,17H2,1H3. The summed E-state index contributed by atoms with van der Waals surface area (Å²) < 4.78 is 0. The second-order valence-electron chi connectivity index (χ2n) is 5.47. The molecule has 0 amide bonds. The number of hydrogen-bond donors (Lipinski definition) is 1. The van der Waals surface area contributed by atoms with E-state index in [0.717, 1.165) is 39.3 Å². The molecule has 1 heterocycles. The van der Waals surface area contributed by atoms with Crippen LogP contribution in [0.4, 0.5) is 0 Å². The first-order valence-corrected chi connectivity index (χ1v) is 8.92. The molecule has 1 atom stereocenters. The minimum Gasteiger partial charge on any atom is -0.329 e. The molecule has 1 aromatic carbocycles. The summed E-state index contributed by atoms with van der Waals surface area (Å²) in [6.45, 7) is 6.49. The van der Waals surface area contributed by atoms with E-state index < -0.39 is 0 Å². The fourth-order valence-corrected chi connectivity index (χ4v) is 3.34. The van der Waals surface area contributed by atoms with Gasteiger partial charge in [0.05, 0.1) is 0 Å². The smallest absolute Gasteiger partial charge is 0.0234 e. The van der Waals surface area contributed by atoms with Crippen molar-refractivity contribution in [3.63, 3.8) is 0 Å². The molecule has 4 heteroatoms. The molecule has 3 nitrogen and oxygen atoms in total. The second kappa shape index (κ2) is 8.67. The van der Waals surface area contributed by atoms with Crippen molar-refractivity contribution in [1.29, 1.82) is 0 Å². The van der Waals surface area contributed by atoms with Crippen molar-refractivity contribution in [2.45, 2.75) is 19.0 Å². The van der Waals surface area contributed by atoms with Gasteiger partial charge in [0, 0.05) is 45.3 Å². The monoisotopic (exact) mass is 293 g/mol. The maximum absolute atomic E-state index is 5.94. The average Bonchev–Trinajstić information content (AvgIpc) is 2.50. The molecule has 1 fully saturated rings. The Labute approximate surface area is 127 Å². The van der Waals surface area contributed by atoms with Crippen LogP contribution in [-0.2, 0) is 6.54 Å². The minimum atomic E-state index is 0.571. The molecular weight excluding hydrogens is 266 g/mol. The summed E-state index contributed by atoms with van der Waals surface area (Å²) in [5.41, 5.74) is 7.35. The third-order valence-electron chi connectivity index (χ3n) is 4.10. The highest BCUT2D eigenvalue weighted by Gasteiger charge is 2.22. The molecule has 2 rings (SSSR count). The number of rotatable bonds is 7. The van der Waals surface area contributed by atoms with E-state index in [-0.39, 0.29) is 0 Å². The molecule has 0 bridgehead atoms. The highest BCUT2D eigenvalue weighted by molar-refractivity contribution is 7.98. The molecule has 2 N–H and O–H groups in total. The Morgan fingerprint density at radius 2 is 1.85 bits per heavy atom. The van der Waals surface area contributed by atoms with Crippen LogP contribution in [-0.4, -0.2) is 60.6 Å². The molecule has 0 spiro atoms. The molecule has 1 unspecified atom stereocenters. The van der Waals surface area contributed by atoms with Gasteiger partial charge in [-0.15, -0.1) is 0 Å². The molecule has 0 aliphatic carbocycles. The van der Waals surface area contributed by atoms with Crippen LogP contribution in [0.1, 0.15) is 12.0 Å². The normalized spacial score (nSPS) is 19.1. The van der Waals surface area contributed by atoms with E-state index in [4.69, 9.17) is 5.73 Å². The lowest BCUT2D eigenvalue weighted by atomic mass is 10.1. The van der Waals surface area contributed by atoms with E-state index in [2.05, 4.69) is 46.4 Å². The summed E-state index contributed by atoms with van der Waals surface area (Å²) in [7, 11) is 0. The van der Waals surface area contributed by atoms with E-state index in [0.29, 0.717) is 6.04 Å². The molecule has 112 valence electrons. The topological polar surface area (TPSA) is 32.5 Å². The zero-order valence-electron chi connectivity index (χ0n) is 12.5. The van der Waals surface area contributed by atoms with Gasteiger partial charge in [0.25, 0.3) is 0 Å². The third kappa shape index (κ3) is 4.77. The van der Waals surface area contributed by atoms with Crippen LogP contribution in [0.2, 0.25) is 0 Å². The van der Waals surface area contributed by atoms with Gasteiger partial charge in [-0.05, 0) is 24.0 Å². The molecule has 1 saturated heterocycles. The largest absolute Gasteiger partial charge is 0.329 e. The molecule has 0 aromatic heterocycles. The molecule has 1 aliphatic heterocycles. The van der Waals surface area contributed by atoms with Crippen molar-refractivity contribution < 1.29 is 0 Å². The van der Waals surface area contributed by atoms with Gasteiger partial charge in [-0.2, -0.15) is 11.8 Å². The molecular formula is C16H27N3S. The third-order valence-corrected chi connectivity index (χ3v) is 4.74. The summed E-state index contributed by atoms with van der Waals surface area (Å²) in [5, 5.41) is 0. The first kappa shape index (κ1) is 15.8. The Balaban J connectivity index is 1.76. The first-order valence-electron chi connectivity index (χ1n) is 7.53. The Bertz CT molecular complexity index is 363. The fraction of sp³-hybridized carbons (Fsp3) is 0.625. The summed E-state index contributed by atoms with van der Waals surface area (Å²) in [6, 6.07) is 11.3. The maximum Gasteiger partial charge on any atom is 0.0234 e. The van der Waals surface area contributed by atoms with Crippen LogP contribution in [0.25, 0.3) is 0 Å². The first-order chi connectivity index (χ1) is 9.83. The Morgan fingerprint density at radius 3 is 2.45 bits per heavy atom. The average molecular weight is 293 g/mol. The number of nitrogens with zero attached hydrogens (tertiary/aromatic N) is 2. The van der Waals surface area contributed by atoms with Gasteiger partial charge in [0.15, 0.2) is 0 Å².